The zero-order valence-corrected chi connectivity index (χ0v) is 17.0. The Bertz CT molecular complexity index is 817. The van der Waals surface area contributed by atoms with Crippen molar-refractivity contribution in [2.75, 3.05) is 6.61 Å². The predicted molar refractivity (Wildman–Crippen MR) is 106 cm³/mol. The van der Waals surface area contributed by atoms with Crippen molar-refractivity contribution in [2.45, 2.75) is 46.6 Å². The van der Waals surface area contributed by atoms with Crippen molar-refractivity contribution >= 4 is 18.2 Å². The molecule has 0 aliphatic heterocycles. The van der Waals surface area contributed by atoms with Crippen LogP contribution in [-0.4, -0.2) is 22.8 Å². The van der Waals surface area contributed by atoms with Crippen LogP contribution in [0, 0.1) is 20.8 Å². The van der Waals surface area contributed by atoms with E-state index in [0.717, 1.165) is 16.7 Å². The topological polar surface area (TPSA) is 63.6 Å². The monoisotopic (exact) mass is 374 g/mol. The Labute approximate surface area is 155 Å². The zero-order valence-electron chi connectivity index (χ0n) is 16.1. The third kappa shape index (κ3) is 4.32. The van der Waals surface area contributed by atoms with Crippen molar-refractivity contribution in [1.82, 2.24) is 0 Å². The van der Waals surface area contributed by atoms with Crippen LogP contribution >= 0.6 is 7.37 Å². The van der Waals surface area contributed by atoms with Crippen LogP contribution in [0.1, 0.15) is 47.3 Å². The first kappa shape index (κ1) is 20.6. The number of rotatable bonds is 7. The summed E-state index contributed by atoms with van der Waals surface area (Å²) in [5.41, 5.74) is 1.67. The largest absolute Gasteiger partial charge is 0.396 e. The molecule has 2 aromatic rings. The molecule has 140 valence electrons. The van der Waals surface area contributed by atoms with Crippen molar-refractivity contribution in [3.63, 3.8) is 0 Å². The average molecular weight is 374 g/mol. The van der Waals surface area contributed by atoms with Gasteiger partial charge in [-0.25, -0.2) is 0 Å². The van der Waals surface area contributed by atoms with Gasteiger partial charge in [-0.1, -0.05) is 35.9 Å². The SMILES string of the molecule is Cc1cc(C)c(C(=O)P(=O)(OC(C)(C)CCO)c2ccccc2)c(C)c1. The molecule has 0 saturated carbocycles. The van der Waals surface area contributed by atoms with Gasteiger partial charge >= 0.3 is 7.37 Å². The van der Waals surface area contributed by atoms with E-state index in [-0.39, 0.29) is 13.0 Å². The van der Waals surface area contributed by atoms with Gasteiger partial charge in [-0.15, -0.1) is 0 Å². The average Bonchev–Trinajstić information content (AvgIpc) is 2.54. The molecule has 0 spiro atoms. The van der Waals surface area contributed by atoms with Gasteiger partial charge in [0.25, 0.3) is 5.52 Å². The molecule has 5 heteroatoms. The summed E-state index contributed by atoms with van der Waals surface area (Å²) in [4.78, 5) is 13.5. The minimum atomic E-state index is -3.85. The number of hydrogen-bond acceptors (Lipinski definition) is 4. The van der Waals surface area contributed by atoms with Gasteiger partial charge in [-0.3, -0.25) is 9.36 Å². The van der Waals surface area contributed by atoms with E-state index in [4.69, 9.17) is 4.52 Å². The number of hydrogen-bond donors (Lipinski definition) is 1. The first-order chi connectivity index (χ1) is 12.1. The van der Waals surface area contributed by atoms with Gasteiger partial charge in [0.1, 0.15) is 0 Å². The van der Waals surface area contributed by atoms with E-state index in [1.54, 1.807) is 44.2 Å². The summed E-state index contributed by atoms with van der Waals surface area (Å²) in [6, 6.07) is 12.4. The van der Waals surface area contributed by atoms with Crippen LogP contribution in [0.3, 0.4) is 0 Å². The van der Waals surface area contributed by atoms with E-state index < -0.39 is 18.5 Å². The summed E-state index contributed by atoms with van der Waals surface area (Å²) >= 11 is 0. The normalized spacial score (nSPS) is 14.1. The fourth-order valence-electron chi connectivity index (χ4n) is 3.16. The molecular formula is C21H27O4P. The third-order valence-electron chi connectivity index (χ3n) is 4.34. The van der Waals surface area contributed by atoms with E-state index in [0.29, 0.717) is 10.9 Å². The second-order valence-electron chi connectivity index (χ2n) is 7.29. The Morgan fingerprint density at radius 3 is 2.12 bits per heavy atom. The molecular weight excluding hydrogens is 347 g/mol. The predicted octanol–water partition coefficient (Wildman–Crippen LogP) is 4.53. The van der Waals surface area contributed by atoms with Crippen LogP contribution in [0.5, 0.6) is 0 Å². The molecule has 26 heavy (non-hydrogen) atoms. The summed E-state index contributed by atoms with van der Waals surface area (Å²) in [6.45, 7) is 9.02. The lowest BCUT2D eigenvalue weighted by molar-refractivity contribution is 0.0752. The Morgan fingerprint density at radius 2 is 1.62 bits per heavy atom. The standard InChI is InChI=1S/C21H27O4P/c1-15-13-16(2)19(17(3)14-15)20(23)26(24,18-9-7-6-8-10-18)25-21(4,5)11-12-22/h6-10,13-14,22H,11-12H2,1-5H3. The summed E-state index contributed by atoms with van der Waals surface area (Å²) in [5.74, 6) is 0. The Balaban J connectivity index is 2.62. The van der Waals surface area contributed by atoms with Gasteiger partial charge in [0.15, 0.2) is 0 Å². The maximum absolute atomic E-state index is 13.9. The van der Waals surface area contributed by atoms with Crippen LogP contribution in [0.2, 0.25) is 0 Å². The Hall–Kier alpha value is -1.74. The van der Waals surface area contributed by atoms with Gasteiger partial charge in [0, 0.05) is 17.5 Å². The molecule has 0 saturated heterocycles. The van der Waals surface area contributed by atoms with Crippen molar-refractivity contribution in [3.05, 3.63) is 64.7 Å². The molecule has 2 rings (SSSR count). The van der Waals surface area contributed by atoms with Crippen molar-refractivity contribution in [3.8, 4) is 0 Å². The highest BCUT2D eigenvalue weighted by molar-refractivity contribution is 7.83. The minimum Gasteiger partial charge on any atom is -0.396 e. The van der Waals surface area contributed by atoms with E-state index >= 15 is 0 Å². The summed E-state index contributed by atoms with van der Waals surface area (Å²) < 4.78 is 19.9. The molecule has 0 bridgehead atoms. The highest BCUT2D eigenvalue weighted by Gasteiger charge is 2.42. The molecule has 0 aliphatic rings. The van der Waals surface area contributed by atoms with Crippen LogP contribution in [0.4, 0.5) is 0 Å². The first-order valence-electron chi connectivity index (χ1n) is 8.71. The highest BCUT2D eigenvalue weighted by atomic mass is 31.2. The van der Waals surface area contributed by atoms with E-state index in [1.807, 2.05) is 32.9 Å². The maximum atomic E-state index is 13.9. The van der Waals surface area contributed by atoms with Gasteiger partial charge in [-0.2, -0.15) is 0 Å². The number of carbonyl (C=O) groups excluding carboxylic acids is 1. The number of aliphatic hydroxyl groups is 1. The molecule has 2 aromatic carbocycles. The van der Waals surface area contributed by atoms with Crippen LogP contribution in [0.15, 0.2) is 42.5 Å². The number of aryl methyl sites for hydroxylation is 3. The van der Waals surface area contributed by atoms with Crippen molar-refractivity contribution in [2.24, 2.45) is 0 Å². The fourth-order valence-corrected chi connectivity index (χ4v) is 5.58. The number of benzene rings is 2. The molecule has 1 unspecified atom stereocenters. The molecule has 0 fully saturated rings. The van der Waals surface area contributed by atoms with E-state index in [1.165, 1.54) is 0 Å². The number of carbonyl (C=O) groups is 1. The molecule has 0 radical (unpaired) electrons. The quantitative estimate of drug-likeness (QED) is 0.723. The fraction of sp³-hybridized carbons (Fsp3) is 0.381. The first-order valence-corrected chi connectivity index (χ1v) is 10.3. The van der Waals surface area contributed by atoms with Gasteiger partial charge < -0.3 is 9.63 Å². The lowest BCUT2D eigenvalue weighted by atomic mass is 10.0. The number of aliphatic hydroxyl groups excluding tert-OH is 1. The lowest BCUT2D eigenvalue weighted by Gasteiger charge is -2.30. The van der Waals surface area contributed by atoms with Crippen molar-refractivity contribution < 1.29 is 19.0 Å². The van der Waals surface area contributed by atoms with Gasteiger partial charge in [0.2, 0.25) is 0 Å². The molecule has 0 amide bonds. The summed E-state index contributed by atoms with van der Waals surface area (Å²) in [7, 11) is -3.85. The minimum absolute atomic E-state index is 0.113. The second kappa shape index (κ2) is 7.87. The van der Waals surface area contributed by atoms with Gasteiger partial charge in [-0.05, 0) is 64.3 Å². The molecule has 0 aliphatic carbocycles. The molecule has 4 nitrogen and oxygen atoms in total. The molecule has 1 atom stereocenters. The Morgan fingerprint density at radius 1 is 1.08 bits per heavy atom. The molecule has 0 heterocycles. The Kier molecular flexibility index (Phi) is 6.23. The molecule has 1 N–H and O–H groups in total. The van der Waals surface area contributed by atoms with E-state index in [2.05, 4.69) is 0 Å². The van der Waals surface area contributed by atoms with E-state index in [9.17, 15) is 14.5 Å². The van der Waals surface area contributed by atoms with Crippen LogP contribution in [0.25, 0.3) is 0 Å². The third-order valence-corrected chi connectivity index (χ3v) is 6.83. The maximum Gasteiger partial charge on any atom is 0.301 e. The smallest absolute Gasteiger partial charge is 0.301 e. The lowest BCUT2D eigenvalue weighted by Crippen LogP contribution is -2.29. The van der Waals surface area contributed by atoms with Crippen molar-refractivity contribution in [1.29, 1.82) is 0 Å². The van der Waals surface area contributed by atoms with Crippen LogP contribution in [-0.2, 0) is 9.09 Å². The molecule has 0 aromatic heterocycles. The summed E-state index contributed by atoms with van der Waals surface area (Å²) in [5, 5.41) is 9.66. The highest BCUT2D eigenvalue weighted by Crippen LogP contribution is 2.53. The second-order valence-corrected chi connectivity index (χ2v) is 9.50. The van der Waals surface area contributed by atoms with Crippen LogP contribution < -0.4 is 5.30 Å². The summed E-state index contributed by atoms with van der Waals surface area (Å²) in [6.07, 6.45) is 0.281. The zero-order chi connectivity index (χ0) is 19.5. The van der Waals surface area contributed by atoms with Gasteiger partial charge in [0.05, 0.1) is 5.60 Å².